The lowest BCUT2D eigenvalue weighted by Gasteiger charge is -2.38. The third kappa shape index (κ3) is 3.93. The highest BCUT2D eigenvalue weighted by Crippen LogP contribution is 2.35. The average Bonchev–Trinajstić information content (AvgIpc) is 2.44. The molecule has 0 spiro atoms. The van der Waals surface area contributed by atoms with Crippen LogP contribution in [0.1, 0.15) is 46.5 Å². The van der Waals surface area contributed by atoms with E-state index >= 15 is 0 Å². The van der Waals surface area contributed by atoms with Gasteiger partial charge in [-0.2, -0.15) is 0 Å². The van der Waals surface area contributed by atoms with Crippen LogP contribution in [-0.2, 0) is 9.59 Å². The second-order valence-corrected chi connectivity index (χ2v) is 5.51. The molecule has 0 aromatic carbocycles. The molecule has 1 unspecified atom stereocenters. The van der Waals surface area contributed by atoms with Crippen molar-refractivity contribution in [3.05, 3.63) is 0 Å². The Bertz CT molecular complexity index is 323. The Labute approximate surface area is 115 Å². The lowest BCUT2D eigenvalue weighted by atomic mass is 9.76. The second-order valence-electron chi connectivity index (χ2n) is 5.51. The predicted molar refractivity (Wildman–Crippen MR) is 73.9 cm³/mol. The topological polar surface area (TPSA) is 69.6 Å². The van der Waals surface area contributed by atoms with Crippen molar-refractivity contribution in [1.29, 1.82) is 0 Å². The van der Waals surface area contributed by atoms with Gasteiger partial charge in [0.2, 0.25) is 5.91 Å². The molecule has 2 N–H and O–H groups in total. The van der Waals surface area contributed by atoms with Gasteiger partial charge < -0.3 is 15.3 Å². The molecule has 1 amide bonds. The number of rotatable bonds is 6. The van der Waals surface area contributed by atoms with Crippen LogP contribution in [-0.4, -0.2) is 47.6 Å². The molecule has 1 fully saturated rings. The Balaban J connectivity index is 2.45. The van der Waals surface area contributed by atoms with Crippen molar-refractivity contribution in [2.75, 3.05) is 19.6 Å². The van der Waals surface area contributed by atoms with Gasteiger partial charge in [0, 0.05) is 19.1 Å². The highest BCUT2D eigenvalue weighted by Gasteiger charge is 2.40. The third-order valence-electron chi connectivity index (χ3n) is 4.42. The summed E-state index contributed by atoms with van der Waals surface area (Å²) in [5.41, 5.74) is -0.624. The first-order chi connectivity index (χ1) is 8.95. The van der Waals surface area contributed by atoms with E-state index in [4.69, 9.17) is 0 Å². The highest BCUT2D eigenvalue weighted by molar-refractivity contribution is 5.79. The summed E-state index contributed by atoms with van der Waals surface area (Å²) in [6.45, 7) is 7.50. The lowest BCUT2D eigenvalue weighted by molar-refractivity contribution is -0.154. The summed E-state index contributed by atoms with van der Waals surface area (Å²) in [7, 11) is 0. The van der Waals surface area contributed by atoms with Crippen LogP contribution in [0.5, 0.6) is 0 Å². The number of piperidine rings is 1. The van der Waals surface area contributed by atoms with Crippen LogP contribution in [0.2, 0.25) is 0 Å². The van der Waals surface area contributed by atoms with Crippen molar-refractivity contribution in [3.63, 3.8) is 0 Å². The van der Waals surface area contributed by atoms with Crippen LogP contribution in [0, 0.1) is 5.41 Å². The van der Waals surface area contributed by atoms with E-state index in [9.17, 15) is 14.7 Å². The number of amides is 1. The Morgan fingerprint density at radius 2 is 1.89 bits per heavy atom. The Hall–Kier alpha value is -1.10. The van der Waals surface area contributed by atoms with Crippen molar-refractivity contribution in [2.45, 2.75) is 52.5 Å². The van der Waals surface area contributed by atoms with Gasteiger partial charge in [-0.3, -0.25) is 9.59 Å². The molecule has 19 heavy (non-hydrogen) atoms. The van der Waals surface area contributed by atoms with E-state index in [1.165, 1.54) is 0 Å². The molecule has 0 aromatic rings. The number of carboxylic acid groups (broad SMARTS) is 1. The molecule has 0 bridgehead atoms. The fraction of sp³-hybridized carbons (Fsp3) is 0.857. The highest BCUT2D eigenvalue weighted by atomic mass is 16.4. The first-order valence-corrected chi connectivity index (χ1v) is 7.19. The zero-order valence-corrected chi connectivity index (χ0v) is 12.2. The van der Waals surface area contributed by atoms with Crippen molar-refractivity contribution in [2.24, 2.45) is 5.41 Å². The normalized spacial score (nSPS) is 20.1. The maximum absolute atomic E-state index is 12.0. The molecule has 1 rings (SSSR count). The Kier molecular flexibility index (Phi) is 5.79. The molecule has 1 aliphatic rings. The monoisotopic (exact) mass is 270 g/mol. The Morgan fingerprint density at radius 3 is 2.32 bits per heavy atom. The fourth-order valence-electron chi connectivity index (χ4n) is 2.42. The maximum Gasteiger partial charge on any atom is 0.309 e. The molecular formula is C14H26N2O3. The predicted octanol–water partition coefficient (Wildman–Crippen LogP) is 1.48. The minimum atomic E-state index is -0.722. The van der Waals surface area contributed by atoms with Crippen LogP contribution in [0.4, 0.5) is 0 Å². The number of carbonyl (C=O) groups is 2. The number of nitrogens with zero attached hydrogens (tertiary/aromatic N) is 1. The molecule has 0 saturated carbocycles. The van der Waals surface area contributed by atoms with Gasteiger partial charge >= 0.3 is 5.97 Å². The molecule has 1 aliphatic heterocycles. The minimum absolute atomic E-state index is 0.0791. The largest absolute Gasteiger partial charge is 0.481 e. The summed E-state index contributed by atoms with van der Waals surface area (Å²) in [6, 6.07) is 0.336. The van der Waals surface area contributed by atoms with Crippen molar-refractivity contribution in [1.82, 2.24) is 10.2 Å². The molecule has 0 aromatic heterocycles. The quantitative estimate of drug-likeness (QED) is 0.767. The van der Waals surface area contributed by atoms with E-state index in [2.05, 4.69) is 19.2 Å². The summed E-state index contributed by atoms with van der Waals surface area (Å²) in [5.74, 6) is -0.643. The summed E-state index contributed by atoms with van der Waals surface area (Å²) in [6.07, 6.45) is 2.75. The summed E-state index contributed by atoms with van der Waals surface area (Å²) in [4.78, 5) is 25.1. The van der Waals surface area contributed by atoms with E-state index in [0.717, 1.165) is 6.42 Å². The van der Waals surface area contributed by atoms with Crippen molar-refractivity contribution < 1.29 is 14.7 Å². The first kappa shape index (κ1) is 16.0. The van der Waals surface area contributed by atoms with Gasteiger partial charge in [-0.25, -0.2) is 0 Å². The average molecular weight is 270 g/mol. The van der Waals surface area contributed by atoms with Crippen LogP contribution >= 0.6 is 0 Å². The van der Waals surface area contributed by atoms with Crippen molar-refractivity contribution >= 4 is 11.9 Å². The number of likely N-dealkylation sites (tertiary alicyclic amines) is 1. The molecule has 1 heterocycles. The molecule has 0 radical (unpaired) electrons. The number of nitrogens with one attached hydrogen (secondary N) is 1. The maximum atomic E-state index is 12.0. The molecule has 0 aliphatic carbocycles. The van der Waals surface area contributed by atoms with Crippen molar-refractivity contribution in [3.8, 4) is 0 Å². The number of hydrogen-bond donors (Lipinski definition) is 2. The van der Waals surface area contributed by atoms with Gasteiger partial charge in [0.1, 0.15) is 0 Å². The van der Waals surface area contributed by atoms with E-state index in [-0.39, 0.29) is 5.91 Å². The molecule has 5 heteroatoms. The summed E-state index contributed by atoms with van der Waals surface area (Å²) < 4.78 is 0. The molecule has 5 nitrogen and oxygen atoms in total. The molecule has 1 saturated heterocycles. The Morgan fingerprint density at radius 1 is 1.32 bits per heavy atom. The minimum Gasteiger partial charge on any atom is -0.481 e. The zero-order chi connectivity index (χ0) is 14.5. The molecule has 110 valence electrons. The van der Waals surface area contributed by atoms with E-state index in [1.54, 1.807) is 4.90 Å². The van der Waals surface area contributed by atoms with Crippen LogP contribution in [0.3, 0.4) is 0 Å². The van der Waals surface area contributed by atoms with Crippen LogP contribution in [0.25, 0.3) is 0 Å². The standard InChI is InChI=1S/C14H26N2O3/c1-4-11(3)15-10-12(17)16-8-6-14(5-2,7-9-16)13(18)19/h11,15H,4-10H2,1-3H3,(H,18,19). The second kappa shape index (κ2) is 6.89. The molecular weight excluding hydrogens is 244 g/mol. The summed E-state index contributed by atoms with van der Waals surface area (Å²) >= 11 is 0. The zero-order valence-electron chi connectivity index (χ0n) is 12.2. The smallest absolute Gasteiger partial charge is 0.309 e. The first-order valence-electron chi connectivity index (χ1n) is 7.19. The van der Waals surface area contributed by atoms with E-state index in [1.807, 2.05) is 6.92 Å². The number of carboxylic acids is 1. The van der Waals surface area contributed by atoms with E-state index < -0.39 is 11.4 Å². The number of hydrogen-bond acceptors (Lipinski definition) is 3. The third-order valence-corrected chi connectivity index (χ3v) is 4.42. The van der Waals surface area contributed by atoms with Gasteiger partial charge in [0.15, 0.2) is 0 Å². The van der Waals surface area contributed by atoms with Gasteiger partial charge in [-0.05, 0) is 32.6 Å². The fourth-order valence-corrected chi connectivity index (χ4v) is 2.42. The van der Waals surface area contributed by atoms with Gasteiger partial charge in [-0.15, -0.1) is 0 Å². The number of carbonyl (C=O) groups excluding carboxylic acids is 1. The SMILES string of the molecule is CCC(C)NCC(=O)N1CCC(CC)(C(=O)O)CC1. The van der Waals surface area contributed by atoms with Crippen LogP contribution in [0.15, 0.2) is 0 Å². The molecule has 1 atom stereocenters. The lowest BCUT2D eigenvalue weighted by Crippen LogP contribution is -2.49. The van der Waals surface area contributed by atoms with E-state index in [0.29, 0.717) is 44.9 Å². The van der Waals surface area contributed by atoms with Gasteiger partial charge in [-0.1, -0.05) is 13.8 Å². The van der Waals surface area contributed by atoms with Gasteiger partial charge in [0.05, 0.1) is 12.0 Å². The summed E-state index contributed by atoms with van der Waals surface area (Å²) in [5, 5.41) is 12.5. The van der Waals surface area contributed by atoms with Gasteiger partial charge in [0.25, 0.3) is 0 Å². The van der Waals surface area contributed by atoms with Crippen LogP contribution < -0.4 is 5.32 Å². The number of aliphatic carboxylic acids is 1.